The van der Waals surface area contributed by atoms with Gasteiger partial charge in [0.05, 0.1) is 18.9 Å². The third-order valence-electron chi connectivity index (χ3n) is 3.70. The summed E-state index contributed by atoms with van der Waals surface area (Å²) >= 11 is 0. The Balaban J connectivity index is 1.59. The van der Waals surface area contributed by atoms with Gasteiger partial charge in [0.25, 0.3) is 5.91 Å². The predicted molar refractivity (Wildman–Crippen MR) is 81.9 cm³/mol. The lowest BCUT2D eigenvalue weighted by Gasteiger charge is -2.20. The van der Waals surface area contributed by atoms with E-state index in [9.17, 15) is 4.79 Å². The largest absolute Gasteiger partial charge is 0.354 e. The minimum absolute atomic E-state index is 0.245. The molecule has 1 amide bonds. The summed E-state index contributed by atoms with van der Waals surface area (Å²) in [6.07, 6.45) is 4.20. The second kappa shape index (κ2) is 7.14. The first-order chi connectivity index (χ1) is 11.2. The Labute approximate surface area is 133 Å². The number of carbonyl (C=O) groups is 1. The van der Waals surface area contributed by atoms with Crippen LogP contribution in [0.15, 0.2) is 17.0 Å². The molecule has 9 nitrogen and oxygen atoms in total. The number of aryl methyl sites for hydroxylation is 1. The molecule has 0 atom stereocenters. The second-order valence-corrected chi connectivity index (χ2v) is 5.33. The zero-order chi connectivity index (χ0) is 16.1. The van der Waals surface area contributed by atoms with Crippen LogP contribution in [-0.4, -0.2) is 52.4 Å². The summed E-state index contributed by atoms with van der Waals surface area (Å²) in [6.45, 7) is 5.78. The number of amides is 1. The SMILES string of the molecule is Cc1nonc1CNC(=O)c1cnc(N2CCCNCC2)cn1. The van der Waals surface area contributed by atoms with Crippen molar-refractivity contribution < 1.29 is 9.42 Å². The van der Waals surface area contributed by atoms with Crippen LogP contribution in [0.5, 0.6) is 0 Å². The van der Waals surface area contributed by atoms with Gasteiger partial charge >= 0.3 is 0 Å². The van der Waals surface area contributed by atoms with Gasteiger partial charge in [-0.1, -0.05) is 10.3 Å². The minimum Gasteiger partial charge on any atom is -0.354 e. The highest BCUT2D eigenvalue weighted by Gasteiger charge is 2.14. The quantitative estimate of drug-likeness (QED) is 0.804. The Morgan fingerprint density at radius 1 is 1.30 bits per heavy atom. The molecule has 2 aromatic rings. The number of hydrogen-bond acceptors (Lipinski definition) is 8. The molecule has 0 aliphatic carbocycles. The predicted octanol–water partition coefficient (Wildman–Crippen LogP) is -0.102. The van der Waals surface area contributed by atoms with Crippen molar-refractivity contribution >= 4 is 11.7 Å². The molecule has 0 aromatic carbocycles. The van der Waals surface area contributed by atoms with Gasteiger partial charge in [0.15, 0.2) is 0 Å². The number of nitrogens with zero attached hydrogens (tertiary/aromatic N) is 5. The molecule has 0 radical (unpaired) electrons. The maximum atomic E-state index is 12.1. The molecule has 0 bridgehead atoms. The smallest absolute Gasteiger partial charge is 0.271 e. The molecule has 1 saturated heterocycles. The second-order valence-electron chi connectivity index (χ2n) is 5.33. The van der Waals surface area contributed by atoms with Crippen molar-refractivity contribution in [1.82, 2.24) is 30.9 Å². The summed E-state index contributed by atoms with van der Waals surface area (Å²) in [5.74, 6) is 0.491. The number of carbonyl (C=O) groups excluding carboxylic acids is 1. The number of nitrogens with one attached hydrogen (secondary N) is 2. The van der Waals surface area contributed by atoms with E-state index in [1.165, 1.54) is 6.20 Å². The summed E-state index contributed by atoms with van der Waals surface area (Å²) in [7, 11) is 0. The Morgan fingerprint density at radius 3 is 2.96 bits per heavy atom. The van der Waals surface area contributed by atoms with Gasteiger partial charge in [-0.15, -0.1) is 0 Å². The van der Waals surface area contributed by atoms with Crippen LogP contribution in [0.1, 0.15) is 28.3 Å². The Bertz CT molecular complexity index is 647. The molecule has 3 heterocycles. The van der Waals surface area contributed by atoms with Gasteiger partial charge in [-0.25, -0.2) is 14.6 Å². The van der Waals surface area contributed by atoms with Crippen molar-refractivity contribution in [3.63, 3.8) is 0 Å². The summed E-state index contributed by atoms with van der Waals surface area (Å²) < 4.78 is 4.59. The van der Waals surface area contributed by atoms with Crippen LogP contribution in [0.3, 0.4) is 0 Å². The fraction of sp³-hybridized carbons (Fsp3) is 0.500. The van der Waals surface area contributed by atoms with Crippen LogP contribution >= 0.6 is 0 Å². The molecule has 1 aliphatic rings. The molecule has 0 unspecified atom stereocenters. The monoisotopic (exact) mass is 317 g/mol. The van der Waals surface area contributed by atoms with Crippen molar-refractivity contribution in [2.75, 3.05) is 31.1 Å². The van der Waals surface area contributed by atoms with Crippen molar-refractivity contribution in [3.05, 3.63) is 29.5 Å². The topological polar surface area (TPSA) is 109 Å². The summed E-state index contributed by atoms with van der Waals surface area (Å²) in [4.78, 5) is 22.8. The molecule has 9 heteroatoms. The van der Waals surface area contributed by atoms with Gasteiger partial charge in [0, 0.05) is 19.6 Å². The van der Waals surface area contributed by atoms with Crippen molar-refractivity contribution in [2.45, 2.75) is 19.9 Å². The van der Waals surface area contributed by atoms with E-state index in [0.717, 1.165) is 38.4 Å². The number of aromatic nitrogens is 4. The van der Waals surface area contributed by atoms with Crippen LogP contribution in [-0.2, 0) is 6.54 Å². The van der Waals surface area contributed by atoms with Crippen LogP contribution in [0, 0.1) is 6.92 Å². The van der Waals surface area contributed by atoms with E-state index < -0.39 is 0 Å². The van der Waals surface area contributed by atoms with E-state index in [4.69, 9.17) is 0 Å². The first kappa shape index (κ1) is 15.3. The molecule has 1 aliphatic heterocycles. The van der Waals surface area contributed by atoms with E-state index in [1.54, 1.807) is 13.1 Å². The first-order valence-electron chi connectivity index (χ1n) is 7.58. The van der Waals surface area contributed by atoms with Crippen LogP contribution in [0.4, 0.5) is 5.82 Å². The highest BCUT2D eigenvalue weighted by Crippen LogP contribution is 2.10. The molecule has 0 spiro atoms. The molecule has 2 aromatic heterocycles. The molecule has 23 heavy (non-hydrogen) atoms. The summed E-state index contributed by atoms with van der Waals surface area (Å²) in [5.41, 5.74) is 1.53. The summed E-state index contributed by atoms with van der Waals surface area (Å²) in [5, 5.41) is 13.4. The lowest BCUT2D eigenvalue weighted by atomic mass is 10.3. The molecule has 2 N–H and O–H groups in total. The van der Waals surface area contributed by atoms with Crippen LogP contribution in [0.2, 0.25) is 0 Å². The Hall–Kier alpha value is -2.55. The van der Waals surface area contributed by atoms with Crippen molar-refractivity contribution in [2.24, 2.45) is 0 Å². The van der Waals surface area contributed by atoms with Gasteiger partial charge < -0.3 is 15.5 Å². The minimum atomic E-state index is -0.302. The molecule has 1 fully saturated rings. The maximum Gasteiger partial charge on any atom is 0.271 e. The van der Waals surface area contributed by atoms with Gasteiger partial charge in [0.1, 0.15) is 22.9 Å². The first-order valence-corrected chi connectivity index (χ1v) is 7.58. The van der Waals surface area contributed by atoms with E-state index in [1.807, 2.05) is 0 Å². The zero-order valence-corrected chi connectivity index (χ0v) is 12.9. The lowest BCUT2D eigenvalue weighted by Crippen LogP contribution is -2.29. The Morgan fingerprint density at radius 2 is 2.22 bits per heavy atom. The molecular formula is C14H19N7O2. The van der Waals surface area contributed by atoms with Crippen LogP contribution in [0.25, 0.3) is 0 Å². The van der Waals surface area contributed by atoms with Crippen molar-refractivity contribution in [3.8, 4) is 0 Å². The highest BCUT2D eigenvalue weighted by atomic mass is 16.6. The maximum absolute atomic E-state index is 12.1. The third kappa shape index (κ3) is 3.81. The van der Waals surface area contributed by atoms with Gasteiger partial charge in [-0.05, 0) is 19.9 Å². The number of rotatable bonds is 4. The third-order valence-corrected chi connectivity index (χ3v) is 3.70. The molecule has 0 saturated carbocycles. The van der Waals surface area contributed by atoms with Crippen molar-refractivity contribution in [1.29, 1.82) is 0 Å². The average Bonchev–Trinajstić information content (AvgIpc) is 2.82. The highest BCUT2D eigenvalue weighted by molar-refractivity contribution is 5.91. The van der Waals surface area contributed by atoms with E-state index in [0.29, 0.717) is 11.4 Å². The van der Waals surface area contributed by atoms with Gasteiger partial charge in [-0.3, -0.25) is 4.79 Å². The fourth-order valence-electron chi connectivity index (χ4n) is 2.34. The number of hydrogen-bond donors (Lipinski definition) is 2. The Kier molecular flexibility index (Phi) is 4.77. The molecule has 122 valence electrons. The molecular weight excluding hydrogens is 298 g/mol. The van der Waals surface area contributed by atoms with E-state index >= 15 is 0 Å². The van der Waals surface area contributed by atoms with Gasteiger partial charge in [-0.2, -0.15) is 0 Å². The number of anilines is 1. The average molecular weight is 317 g/mol. The van der Waals surface area contributed by atoms with Crippen LogP contribution < -0.4 is 15.5 Å². The fourth-order valence-corrected chi connectivity index (χ4v) is 2.34. The standard InChI is InChI=1S/C14H19N7O2/c1-10-11(20-23-19-10)7-18-14(22)12-8-17-13(9-16-12)21-5-2-3-15-4-6-21/h8-9,15H,2-7H2,1H3,(H,18,22). The zero-order valence-electron chi connectivity index (χ0n) is 12.9. The molecule has 3 rings (SSSR count). The summed E-state index contributed by atoms with van der Waals surface area (Å²) in [6, 6.07) is 0. The van der Waals surface area contributed by atoms with Gasteiger partial charge in [0.2, 0.25) is 0 Å². The normalized spacial score (nSPS) is 15.3. The lowest BCUT2D eigenvalue weighted by molar-refractivity contribution is 0.0944. The van der Waals surface area contributed by atoms with E-state index in [-0.39, 0.29) is 18.1 Å². The van der Waals surface area contributed by atoms with E-state index in [2.05, 4.69) is 40.4 Å².